The van der Waals surface area contributed by atoms with Crippen LogP contribution in [0.3, 0.4) is 0 Å². The Balaban J connectivity index is 1.62. The Labute approximate surface area is 149 Å². The van der Waals surface area contributed by atoms with Crippen LogP contribution in [0, 0.1) is 0 Å². The number of rotatable bonds is 0. The van der Waals surface area contributed by atoms with E-state index in [1.807, 2.05) is 0 Å². The first-order chi connectivity index (χ1) is 11.8. The Hall–Kier alpha value is -2.48. The van der Waals surface area contributed by atoms with Crippen molar-refractivity contribution >= 4 is 23.5 Å². The molecule has 2 aliphatic heterocycles. The molecule has 0 fully saturated rings. The predicted octanol–water partition coefficient (Wildman–Crippen LogP) is 5.69. The van der Waals surface area contributed by atoms with Gasteiger partial charge in [-0.1, -0.05) is 24.3 Å². The van der Waals surface area contributed by atoms with Gasteiger partial charge in [0.1, 0.15) is 0 Å². The lowest BCUT2D eigenvalue weighted by molar-refractivity contribution is 0.710. The first-order valence-electron chi connectivity index (χ1n) is 9.09. The first-order valence-corrected chi connectivity index (χ1v) is 9.09. The third-order valence-electron chi connectivity index (χ3n) is 5.49. The summed E-state index contributed by atoms with van der Waals surface area (Å²) in [6, 6.07) is 9.40. The number of fused-ring (bicyclic) bond motifs is 5. The maximum absolute atomic E-state index is 3.65. The van der Waals surface area contributed by atoms with E-state index in [0.717, 1.165) is 6.42 Å². The van der Waals surface area contributed by atoms with Gasteiger partial charge in [0.2, 0.25) is 0 Å². The molecular formula is C23H24N2. The summed E-state index contributed by atoms with van der Waals surface area (Å²) in [7, 11) is 0. The molecule has 0 unspecified atom stereocenters. The Morgan fingerprint density at radius 1 is 0.680 bits per heavy atom. The van der Waals surface area contributed by atoms with Crippen LogP contribution in [0.5, 0.6) is 0 Å². The molecule has 126 valence electrons. The highest BCUT2D eigenvalue weighted by atomic mass is 15.0. The molecule has 2 nitrogen and oxygen atoms in total. The average molecular weight is 328 g/mol. The van der Waals surface area contributed by atoms with Crippen molar-refractivity contribution < 1.29 is 0 Å². The lowest BCUT2D eigenvalue weighted by Crippen LogP contribution is -2.30. The van der Waals surface area contributed by atoms with Crippen LogP contribution in [0.15, 0.2) is 36.4 Å². The van der Waals surface area contributed by atoms with Gasteiger partial charge in [-0.15, -0.1) is 0 Å². The van der Waals surface area contributed by atoms with E-state index in [1.165, 1.54) is 44.8 Å². The quantitative estimate of drug-likeness (QED) is 0.554. The summed E-state index contributed by atoms with van der Waals surface area (Å²) < 4.78 is 0. The molecule has 0 saturated heterocycles. The fraction of sp³-hybridized carbons (Fsp3) is 0.304. The standard InChI is InChI=1S/C23H24N2/c1-22(2)7-5-14-10-18-16(12-20(14)24-22)9-17-13-21-15(11-19(17)18)6-8-23(3,4)25-21/h5-8,10-13,24-25H,9H2,1-4H3. The van der Waals surface area contributed by atoms with E-state index >= 15 is 0 Å². The summed E-state index contributed by atoms with van der Waals surface area (Å²) in [5, 5.41) is 7.30. The number of nitrogens with one attached hydrogen (secondary N) is 2. The highest BCUT2D eigenvalue weighted by Crippen LogP contribution is 2.44. The maximum Gasteiger partial charge on any atom is 0.0503 e. The van der Waals surface area contributed by atoms with Crippen LogP contribution in [-0.2, 0) is 6.42 Å². The Bertz CT molecular complexity index is 895. The van der Waals surface area contributed by atoms with Crippen molar-refractivity contribution in [2.24, 2.45) is 0 Å². The van der Waals surface area contributed by atoms with E-state index in [2.05, 4.69) is 86.9 Å². The molecular weight excluding hydrogens is 304 g/mol. The van der Waals surface area contributed by atoms with Crippen molar-refractivity contribution in [1.29, 1.82) is 0 Å². The zero-order valence-electron chi connectivity index (χ0n) is 15.3. The SMILES string of the molecule is CC1(C)C=Cc2cc3c(cc2N1)Cc1cc2c(cc1-3)C=CC(C)(C)N2. The lowest BCUT2D eigenvalue weighted by atomic mass is 9.92. The van der Waals surface area contributed by atoms with Gasteiger partial charge in [0.15, 0.2) is 0 Å². The van der Waals surface area contributed by atoms with Crippen molar-refractivity contribution in [3.63, 3.8) is 0 Å². The van der Waals surface area contributed by atoms with Crippen LogP contribution in [0.25, 0.3) is 23.3 Å². The van der Waals surface area contributed by atoms with Crippen molar-refractivity contribution in [2.75, 3.05) is 10.6 Å². The topological polar surface area (TPSA) is 24.1 Å². The molecule has 0 atom stereocenters. The van der Waals surface area contributed by atoms with E-state index in [9.17, 15) is 0 Å². The van der Waals surface area contributed by atoms with Crippen molar-refractivity contribution in [3.8, 4) is 11.1 Å². The Morgan fingerprint density at radius 2 is 1.12 bits per heavy atom. The Kier molecular flexibility index (Phi) is 2.71. The monoisotopic (exact) mass is 328 g/mol. The Morgan fingerprint density at radius 3 is 1.56 bits per heavy atom. The number of benzene rings is 2. The second-order valence-corrected chi connectivity index (χ2v) is 8.73. The van der Waals surface area contributed by atoms with Crippen LogP contribution in [0.4, 0.5) is 11.4 Å². The molecule has 0 amide bonds. The number of anilines is 2. The molecule has 0 spiro atoms. The minimum Gasteiger partial charge on any atom is -0.376 e. The molecule has 2 heteroatoms. The van der Waals surface area contributed by atoms with E-state index < -0.39 is 0 Å². The second-order valence-electron chi connectivity index (χ2n) is 8.73. The smallest absolute Gasteiger partial charge is 0.0503 e. The van der Waals surface area contributed by atoms with Crippen LogP contribution < -0.4 is 10.6 Å². The highest BCUT2D eigenvalue weighted by molar-refractivity contribution is 5.88. The normalized spacial score (nSPS) is 20.0. The zero-order valence-corrected chi connectivity index (χ0v) is 15.3. The van der Waals surface area contributed by atoms with E-state index in [4.69, 9.17) is 0 Å². The zero-order chi connectivity index (χ0) is 17.4. The molecule has 3 aliphatic rings. The summed E-state index contributed by atoms with van der Waals surface area (Å²) in [6.45, 7) is 8.84. The third-order valence-corrected chi connectivity index (χ3v) is 5.49. The van der Waals surface area contributed by atoms with Crippen molar-refractivity contribution in [2.45, 2.75) is 45.2 Å². The van der Waals surface area contributed by atoms with Gasteiger partial charge in [-0.3, -0.25) is 0 Å². The molecule has 0 radical (unpaired) electrons. The summed E-state index contributed by atoms with van der Waals surface area (Å²) in [6.07, 6.45) is 10.0. The molecule has 0 aromatic heterocycles. The van der Waals surface area contributed by atoms with Gasteiger partial charge < -0.3 is 10.6 Å². The molecule has 2 aromatic carbocycles. The van der Waals surface area contributed by atoms with E-state index in [0.29, 0.717) is 0 Å². The van der Waals surface area contributed by atoms with Gasteiger partial charge in [-0.05, 0) is 91.8 Å². The van der Waals surface area contributed by atoms with Crippen molar-refractivity contribution in [3.05, 3.63) is 58.7 Å². The van der Waals surface area contributed by atoms with Gasteiger partial charge in [0, 0.05) is 11.4 Å². The number of hydrogen-bond acceptors (Lipinski definition) is 2. The highest BCUT2D eigenvalue weighted by Gasteiger charge is 2.27. The number of hydrogen-bond donors (Lipinski definition) is 2. The molecule has 1 aliphatic carbocycles. The van der Waals surface area contributed by atoms with E-state index in [1.54, 1.807) is 0 Å². The minimum absolute atomic E-state index is 0.0199. The summed E-state index contributed by atoms with van der Waals surface area (Å²) >= 11 is 0. The molecule has 0 saturated carbocycles. The van der Waals surface area contributed by atoms with Crippen LogP contribution in [-0.4, -0.2) is 11.1 Å². The molecule has 2 heterocycles. The van der Waals surface area contributed by atoms with Crippen LogP contribution >= 0.6 is 0 Å². The average Bonchev–Trinajstić information content (AvgIpc) is 2.85. The fourth-order valence-corrected chi connectivity index (χ4v) is 4.19. The van der Waals surface area contributed by atoms with Gasteiger partial charge >= 0.3 is 0 Å². The molecule has 5 rings (SSSR count). The first kappa shape index (κ1) is 14.8. The lowest BCUT2D eigenvalue weighted by Gasteiger charge is -2.30. The maximum atomic E-state index is 3.65. The summed E-state index contributed by atoms with van der Waals surface area (Å²) in [5.74, 6) is 0. The minimum atomic E-state index is 0.0199. The molecule has 0 bridgehead atoms. The fourth-order valence-electron chi connectivity index (χ4n) is 4.19. The van der Waals surface area contributed by atoms with Gasteiger partial charge in [-0.2, -0.15) is 0 Å². The van der Waals surface area contributed by atoms with E-state index in [-0.39, 0.29) is 11.1 Å². The van der Waals surface area contributed by atoms with Gasteiger partial charge in [-0.25, -0.2) is 0 Å². The predicted molar refractivity (Wildman–Crippen MR) is 108 cm³/mol. The largest absolute Gasteiger partial charge is 0.376 e. The summed E-state index contributed by atoms with van der Waals surface area (Å²) in [5.41, 5.74) is 10.8. The van der Waals surface area contributed by atoms with Crippen molar-refractivity contribution in [1.82, 2.24) is 0 Å². The third kappa shape index (κ3) is 2.31. The van der Waals surface area contributed by atoms with Gasteiger partial charge in [0.25, 0.3) is 0 Å². The second kappa shape index (κ2) is 4.57. The van der Waals surface area contributed by atoms with Crippen LogP contribution in [0.2, 0.25) is 0 Å². The molecule has 25 heavy (non-hydrogen) atoms. The molecule has 2 aromatic rings. The molecule has 2 N–H and O–H groups in total. The summed E-state index contributed by atoms with van der Waals surface area (Å²) in [4.78, 5) is 0. The van der Waals surface area contributed by atoms with Crippen LogP contribution in [0.1, 0.15) is 49.9 Å². The van der Waals surface area contributed by atoms with Gasteiger partial charge in [0.05, 0.1) is 11.1 Å².